The molecule has 0 unspecified atom stereocenters. The molecule has 2 aromatic carbocycles. The zero-order valence-electron chi connectivity index (χ0n) is 21.0. The topological polar surface area (TPSA) is 59.1 Å². The summed E-state index contributed by atoms with van der Waals surface area (Å²) in [6, 6.07) is 19.5. The molecule has 1 heterocycles. The molecule has 0 aliphatic carbocycles. The van der Waals surface area contributed by atoms with Crippen molar-refractivity contribution in [3.05, 3.63) is 71.8 Å². The van der Waals surface area contributed by atoms with Gasteiger partial charge in [0.25, 0.3) is 0 Å². The number of nitrogens with zero attached hydrogens (tertiary/aromatic N) is 2. The Labute approximate surface area is 203 Å². The predicted molar refractivity (Wildman–Crippen MR) is 134 cm³/mol. The molecule has 6 heteroatoms. The highest BCUT2D eigenvalue weighted by Crippen LogP contribution is 2.25. The van der Waals surface area contributed by atoms with Crippen molar-refractivity contribution in [2.45, 2.75) is 38.5 Å². The highest BCUT2D eigenvalue weighted by molar-refractivity contribution is 5.82. The summed E-state index contributed by atoms with van der Waals surface area (Å²) in [7, 11) is 0. The van der Waals surface area contributed by atoms with Crippen LogP contribution >= 0.6 is 0 Å². The third-order valence-electron chi connectivity index (χ3n) is 6.76. The molecule has 1 aliphatic rings. The van der Waals surface area contributed by atoms with Crippen LogP contribution < -0.4 is 0 Å². The second kappa shape index (κ2) is 11.6. The van der Waals surface area contributed by atoms with Gasteiger partial charge >= 0.3 is 11.9 Å². The van der Waals surface area contributed by atoms with Crippen molar-refractivity contribution in [3.8, 4) is 0 Å². The van der Waals surface area contributed by atoms with E-state index in [1.54, 1.807) is 0 Å². The lowest BCUT2D eigenvalue weighted by Gasteiger charge is -2.34. The van der Waals surface area contributed by atoms with E-state index in [-0.39, 0.29) is 11.9 Å². The van der Waals surface area contributed by atoms with Crippen LogP contribution in [0.4, 0.5) is 0 Å². The van der Waals surface area contributed by atoms with Gasteiger partial charge in [0.15, 0.2) is 0 Å². The molecule has 1 fully saturated rings. The van der Waals surface area contributed by atoms with Gasteiger partial charge < -0.3 is 9.47 Å². The number of carbonyl (C=O) groups is 2. The SMILES string of the molecule is CC(C)(C(=O)OCCN1CCN(CCOC(=O)C(C)(C)c2ccccc2)CC1)c1ccccc1. The second-order valence-electron chi connectivity index (χ2n) is 9.94. The smallest absolute Gasteiger partial charge is 0.316 e. The van der Waals surface area contributed by atoms with Gasteiger partial charge in [-0.2, -0.15) is 0 Å². The summed E-state index contributed by atoms with van der Waals surface area (Å²) < 4.78 is 11.2. The molecule has 1 aliphatic heterocycles. The molecule has 0 atom stereocenters. The maximum atomic E-state index is 12.6. The first kappa shape index (κ1) is 25.9. The molecule has 0 spiro atoms. The third-order valence-corrected chi connectivity index (χ3v) is 6.76. The standard InChI is InChI=1S/C28H38N2O4/c1-27(2,23-11-7-5-8-12-23)25(31)33-21-19-29-15-17-30(18-16-29)20-22-34-26(32)28(3,4)24-13-9-6-10-14-24/h5-14H,15-22H2,1-4H3. The number of piperazine rings is 1. The zero-order valence-corrected chi connectivity index (χ0v) is 21.0. The Bertz CT molecular complexity index is 842. The number of hydrogen-bond donors (Lipinski definition) is 0. The second-order valence-corrected chi connectivity index (χ2v) is 9.94. The molecule has 0 N–H and O–H groups in total. The molecule has 6 nitrogen and oxygen atoms in total. The minimum atomic E-state index is -0.660. The maximum Gasteiger partial charge on any atom is 0.316 e. The van der Waals surface area contributed by atoms with Gasteiger partial charge in [0, 0.05) is 39.3 Å². The van der Waals surface area contributed by atoms with E-state index in [1.165, 1.54) is 0 Å². The predicted octanol–water partition coefficient (Wildman–Crippen LogP) is 3.65. The summed E-state index contributed by atoms with van der Waals surface area (Å²) in [4.78, 5) is 29.8. The fraction of sp³-hybridized carbons (Fsp3) is 0.500. The molecule has 0 radical (unpaired) electrons. The first-order valence-electron chi connectivity index (χ1n) is 12.1. The van der Waals surface area contributed by atoms with Crippen LogP contribution in [-0.2, 0) is 29.9 Å². The number of benzene rings is 2. The van der Waals surface area contributed by atoms with Crippen LogP contribution in [0.15, 0.2) is 60.7 Å². The minimum Gasteiger partial charge on any atom is -0.464 e. The lowest BCUT2D eigenvalue weighted by molar-refractivity contribution is -0.151. The highest BCUT2D eigenvalue weighted by atomic mass is 16.5. The maximum absolute atomic E-state index is 12.6. The summed E-state index contributed by atoms with van der Waals surface area (Å²) in [5.74, 6) is -0.393. The van der Waals surface area contributed by atoms with Crippen LogP contribution in [0.2, 0.25) is 0 Å². The zero-order chi connectivity index (χ0) is 24.6. The minimum absolute atomic E-state index is 0.197. The average molecular weight is 467 g/mol. The molecule has 1 saturated heterocycles. The van der Waals surface area contributed by atoms with E-state index in [4.69, 9.17) is 9.47 Å². The van der Waals surface area contributed by atoms with Crippen molar-refractivity contribution in [1.29, 1.82) is 0 Å². The van der Waals surface area contributed by atoms with Crippen molar-refractivity contribution < 1.29 is 19.1 Å². The Morgan fingerprint density at radius 1 is 0.647 bits per heavy atom. The Morgan fingerprint density at radius 2 is 0.971 bits per heavy atom. The van der Waals surface area contributed by atoms with Crippen LogP contribution in [0.3, 0.4) is 0 Å². The summed E-state index contributed by atoms with van der Waals surface area (Å²) in [6.07, 6.45) is 0. The molecule has 0 saturated carbocycles. The first-order chi connectivity index (χ1) is 16.2. The molecule has 184 valence electrons. The summed E-state index contributed by atoms with van der Waals surface area (Å²) >= 11 is 0. The molecule has 34 heavy (non-hydrogen) atoms. The van der Waals surface area contributed by atoms with Gasteiger partial charge in [-0.05, 0) is 38.8 Å². The van der Waals surface area contributed by atoms with Crippen molar-refractivity contribution in [1.82, 2.24) is 9.80 Å². The Hall–Kier alpha value is -2.70. The molecule has 0 bridgehead atoms. The van der Waals surface area contributed by atoms with Gasteiger partial charge in [-0.25, -0.2) is 0 Å². The number of esters is 2. The lowest BCUT2D eigenvalue weighted by atomic mass is 9.85. The van der Waals surface area contributed by atoms with E-state index in [2.05, 4.69) is 9.80 Å². The number of hydrogen-bond acceptors (Lipinski definition) is 6. The average Bonchev–Trinajstić information content (AvgIpc) is 2.86. The van der Waals surface area contributed by atoms with Crippen LogP contribution in [0, 0.1) is 0 Å². The van der Waals surface area contributed by atoms with E-state index in [0.717, 1.165) is 50.4 Å². The van der Waals surface area contributed by atoms with E-state index in [0.29, 0.717) is 13.2 Å². The third kappa shape index (κ3) is 6.67. The lowest BCUT2D eigenvalue weighted by Crippen LogP contribution is -2.48. The van der Waals surface area contributed by atoms with E-state index in [1.807, 2.05) is 88.4 Å². The van der Waals surface area contributed by atoms with Crippen LogP contribution in [0.1, 0.15) is 38.8 Å². The van der Waals surface area contributed by atoms with E-state index in [9.17, 15) is 9.59 Å². The first-order valence-corrected chi connectivity index (χ1v) is 12.1. The Morgan fingerprint density at radius 3 is 1.29 bits per heavy atom. The molecule has 0 aromatic heterocycles. The Balaban J connectivity index is 1.33. The van der Waals surface area contributed by atoms with Crippen LogP contribution in [-0.4, -0.2) is 74.2 Å². The largest absolute Gasteiger partial charge is 0.464 e. The Kier molecular flexibility index (Phi) is 8.86. The summed E-state index contributed by atoms with van der Waals surface area (Å²) in [5.41, 5.74) is 0.599. The monoisotopic (exact) mass is 466 g/mol. The molecular weight excluding hydrogens is 428 g/mol. The van der Waals surface area contributed by atoms with E-state index < -0.39 is 10.8 Å². The quantitative estimate of drug-likeness (QED) is 0.498. The van der Waals surface area contributed by atoms with Crippen molar-refractivity contribution >= 4 is 11.9 Å². The van der Waals surface area contributed by atoms with Crippen molar-refractivity contribution in [2.24, 2.45) is 0 Å². The molecular formula is C28H38N2O4. The van der Waals surface area contributed by atoms with Gasteiger partial charge in [0.1, 0.15) is 13.2 Å². The fourth-order valence-electron chi connectivity index (χ4n) is 4.08. The van der Waals surface area contributed by atoms with E-state index >= 15 is 0 Å². The van der Waals surface area contributed by atoms with Gasteiger partial charge in [0.05, 0.1) is 10.8 Å². The van der Waals surface area contributed by atoms with Crippen molar-refractivity contribution in [2.75, 3.05) is 52.5 Å². The molecule has 2 aromatic rings. The van der Waals surface area contributed by atoms with Crippen molar-refractivity contribution in [3.63, 3.8) is 0 Å². The van der Waals surface area contributed by atoms with Gasteiger partial charge in [-0.3, -0.25) is 19.4 Å². The molecule has 3 rings (SSSR count). The number of carbonyl (C=O) groups excluding carboxylic acids is 2. The van der Waals surface area contributed by atoms with Crippen LogP contribution in [0.5, 0.6) is 0 Å². The summed E-state index contributed by atoms with van der Waals surface area (Å²) in [5, 5.41) is 0. The fourth-order valence-corrected chi connectivity index (χ4v) is 4.08. The van der Waals surface area contributed by atoms with Crippen LogP contribution in [0.25, 0.3) is 0 Å². The van der Waals surface area contributed by atoms with Gasteiger partial charge in [-0.1, -0.05) is 60.7 Å². The normalized spacial score (nSPS) is 15.6. The number of ether oxygens (including phenoxy) is 2. The van der Waals surface area contributed by atoms with Gasteiger partial charge in [0.2, 0.25) is 0 Å². The highest BCUT2D eigenvalue weighted by Gasteiger charge is 2.32. The molecule has 0 amide bonds. The van der Waals surface area contributed by atoms with Gasteiger partial charge in [-0.15, -0.1) is 0 Å². The number of rotatable bonds is 10. The summed E-state index contributed by atoms with van der Waals surface area (Å²) in [6.45, 7) is 13.5.